The molecule has 0 saturated carbocycles. The van der Waals surface area contributed by atoms with E-state index in [0.717, 1.165) is 12.1 Å². The summed E-state index contributed by atoms with van der Waals surface area (Å²) in [5.74, 6) is -0.802. The molecule has 1 heterocycles. The molecule has 0 spiro atoms. The summed E-state index contributed by atoms with van der Waals surface area (Å²) in [5, 5.41) is 2.92. The van der Waals surface area contributed by atoms with Crippen LogP contribution in [-0.2, 0) is 19.6 Å². The predicted octanol–water partition coefficient (Wildman–Crippen LogP) is 3.42. The van der Waals surface area contributed by atoms with Gasteiger partial charge in [0.1, 0.15) is 11.5 Å². The Balaban J connectivity index is 1.79. The molecule has 0 atom stereocenters. The fourth-order valence-corrected chi connectivity index (χ4v) is 3.44. The molecule has 0 aromatic heterocycles. The molecule has 0 bridgehead atoms. The lowest BCUT2D eigenvalue weighted by molar-refractivity contribution is -0.118. The molecule has 1 fully saturated rings. The number of amides is 1. The van der Waals surface area contributed by atoms with Gasteiger partial charge < -0.3 is 23.9 Å². The summed E-state index contributed by atoms with van der Waals surface area (Å²) >= 11 is 5.98. The average Bonchev–Trinajstić information content (AvgIpc) is 2.74. The van der Waals surface area contributed by atoms with Gasteiger partial charge in [0.2, 0.25) is 0 Å². The summed E-state index contributed by atoms with van der Waals surface area (Å²) in [7, 11) is -5.84. The molecule has 0 aliphatic carbocycles. The van der Waals surface area contributed by atoms with Gasteiger partial charge in [-0.25, -0.2) is 0 Å². The fourth-order valence-electron chi connectivity index (χ4n) is 2.80. The third-order valence-electron chi connectivity index (χ3n) is 4.28. The zero-order chi connectivity index (χ0) is 23.4. The molecular weight excluding hydrogens is 477 g/mol. The van der Waals surface area contributed by atoms with Crippen LogP contribution in [0.2, 0.25) is 5.02 Å². The first-order chi connectivity index (χ1) is 15.1. The molecule has 174 valence electrons. The van der Waals surface area contributed by atoms with Crippen molar-refractivity contribution in [2.24, 2.45) is 0 Å². The average molecular weight is 495 g/mol. The van der Waals surface area contributed by atoms with E-state index in [0.29, 0.717) is 37.1 Å². The number of anilines is 2. The number of alkyl halides is 3. The Kier molecular flexibility index (Phi) is 7.36. The zero-order valence-corrected chi connectivity index (χ0v) is 18.0. The van der Waals surface area contributed by atoms with Gasteiger partial charge in [-0.2, -0.15) is 21.6 Å². The first-order valence-electron chi connectivity index (χ1n) is 9.21. The van der Waals surface area contributed by atoms with Crippen LogP contribution in [0.1, 0.15) is 0 Å². The molecule has 32 heavy (non-hydrogen) atoms. The van der Waals surface area contributed by atoms with Gasteiger partial charge in [-0.05, 0) is 24.3 Å². The lowest BCUT2D eigenvalue weighted by atomic mass is 10.2. The van der Waals surface area contributed by atoms with Gasteiger partial charge in [0.25, 0.3) is 5.91 Å². The van der Waals surface area contributed by atoms with Crippen LogP contribution in [0.5, 0.6) is 11.5 Å². The Bertz CT molecular complexity index is 1070. The third kappa shape index (κ3) is 5.96. The van der Waals surface area contributed by atoms with Crippen LogP contribution in [-0.4, -0.2) is 52.7 Å². The number of carbonyl (C=O) groups excluding carboxylic acids is 1. The van der Waals surface area contributed by atoms with Gasteiger partial charge in [-0.3, -0.25) is 4.79 Å². The predicted molar refractivity (Wildman–Crippen MR) is 111 cm³/mol. The Morgan fingerprint density at radius 1 is 1.16 bits per heavy atom. The van der Waals surface area contributed by atoms with E-state index in [-0.39, 0.29) is 18.0 Å². The maximum absolute atomic E-state index is 12.7. The van der Waals surface area contributed by atoms with Crippen molar-refractivity contribution in [1.29, 1.82) is 0 Å². The van der Waals surface area contributed by atoms with Crippen LogP contribution in [0, 0.1) is 0 Å². The molecule has 1 aliphatic heterocycles. The van der Waals surface area contributed by atoms with Gasteiger partial charge in [-0.1, -0.05) is 23.7 Å². The molecule has 1 aliphatic rings. The minimum absolute atomic E-state index is 0.233. The second kappa shape index (κ2) is 9.84. The van der Waals surface area contributed by atoms with Gasteiger partial charge in [0.15, 0.2) is 6.61 Å². The highest BCUT2D eigenvalue weighted by atomic mass is 35.5. The lowest BCUT2D eigenvalue weighted by Gasteiger charge is -2.30. The second-order valence-corrected chi connectivity index (χ2v) is 8.47. The number of hydrogen-bond acceptors (Lipinski definition) is 7. The summed E-state index contributed by atoms with van der Waals surface area (Å²) < 4.78 is 75.5. The highest BCUT2D eigenvalue weighted by Crippen LogP contribution is 2.34. The van der Waals surface area contributed by atoms with E-state index in [1.54, 1.807) is 29.2 Å². The van der Waals surface area contributed by atoms with Crippen molar-refractivity contribution < 1.29 is 40.0 Å². The van der Waals surface area contributed by atoms with Crippen LogP contribution in [0.4, 0.5) is 24.5 Å². The van der Waals surface area contributed by atoms with E-state index in [4.69, 9.17) is 21.1 Å². The highest BCUT2D eigenvalue weighted by Gasteiger charge is 2.48. The van der Waals surface area contributed by atoms with Gasteiger partial charge >= 0.3 is 15.6 Å². The number of nitrogens with one attached hydrogen (secondary N) is 1. The lowest BCUT2D eigenvalue weighted by Crippen LogP contribution is -2.37. The number of morpholine rings is 1. The Morgan fingerprint density at radius 3 is 2.50 bits per heavy atom. The molecule has 1 amide bonds. The Hall–Kier alpha value is -2.70. The van der Waals surface area contributed by atoms with Crippen molar-refractivity contribution in [2.45, 2.75) is 5.51 Å². The summed E-state index contributed by atoms with van der Waals surface area (Å²) in [4.78, 5) is 14.1. The summed E-state index contributed by atoms with van der Waals surface area (Å²) in [6, 6.07) is 9.94. The maximum Gasteiger partial charge on any atom is 0.534 e. The molecular formula is C19H18ClF3N2O6S. The second-order valence-electron chi connectivity index (χ2n) is 6.53. The van der Waals surface area contributed by atoms with E-state index < -0.39 is 27.3 Å². The number of rotatable bonds is 7. The van der Waals surface area contributed by atoms with Crippen LogP contribution in [0.15, 0.2) is 42.5 Å². The van der Waals surface area contributed by atoms with Gasteiger partial charge in [-0.15, -0.1) is 0 Å². The number of ether oxygens (including phenoxy) is 2. The van der Waals surface area contributed by atoms with Crippen LogP contribution in [0.25, 0.3) is 0 Å². The van der Waals surface area contributed by atoms with Crippen LogP contribution in [0.3, 0.4) is 0 Å². The van der Waals surface area contributed by atoms with E-state index in [2.05, 4.69) is 9.50 Å². The Labute approximate surface area is 186 Å². The molecule has 2 aromatic carbocycles. The minimum Gasteiger partial charge on any atom is -0.482 e. The molecule has 0 radical (unpaired) electrons. The minimum atomic E-state index is -5.84. The van der Waals surface area contributed by atoms with Crippen LogP contribution >= 0.6 is 11.6 Å². The number of carbonyl (C=O) groups is 1. The summed E-state index contributed by atoms with van der Waals surface area (Å²) in [6.45, 7) is 1.04. The van der Waals surface area contributed by atoms with Crippen molar-refractivity contribution in [3.8, 4) is 11.5 Å². The quantitative estimate of drug-likeness (QED) is 0.465. The normalized spacial score (nSPS) is 14.7. The van der Waals surface area contributed by atoms with Gasteiger partial charge in [0.05, 0.1) is 29.6 Å². The molecule has 8 nitrogen and oxygen atoms in total. The van der Waals surface area contributed by atoms with E-state index in [9.17, 15) is 26.4 Å². The molecule has 0 unspecified atom stereocenters. The molecule has 13 heteroatoms. The highest BCUT2D eigenvalue weighted by molar-refractivity contribution is 7.88. The smallest absolute Gasteiger partial charge is 0.482 e. The number of para-hydroxylation sites is 1. The zero-order valence-electron chi connectivity index (χ0n) is 16.4. The Morgan fingerprint density at radius 2 is 1.84 bits per heavy atom. The number of halogens is 4. The maximum atomic E-state index is 12.7. The van der Waals surface area contributed by atoms with E-state index >= 15 is 0 Å². The fraction of sp³-hybridized carbons (Fsp3) is 0.316. The SMILES string of the molecule is O=C(COc1ccccc1Cl)Nc1ccc(OS(=O)(=O)C(F)(F)F)cc1N1CCOCC1. The van der Waals surface area contributed by atoms with Crippen molar-refractivity contribution in [3.05, 3.63) is 47.5 Å². The number of hydrogen-bond donors (Lipinski definition) is 1. The van der Waals surface area contributed by atoms with Crippen molar-refractivity contribution in [3.63, 3.8) is 0 Å². The third-order valence-corrected chi connectivity index (χ3v) is 5.57. The topological polar surface area (TPSA) is 94.2 Å². The standard InChI is InChI=1S/C19H18ClF3N2O6S/c20-14-3-1-2-4-17(14)30-12-18(26)24-15-6-5-13(31-32(27,28)19(21,22)23)11-16(15)25-7-9-29-10-8-25/h1-6,11H,7-10,12H2,(H,24,26). The molecule has 2 aromatic rings. The van der Waals surface area contributed by atoms with Crippen molar-refractivity contribution >= 4 is 39.0 Å². The van der Waals surface area contributed by atoms with E-state index in [1.165, 1.54) is 6.07 Å². The van der Waals surface area contributed by atoms with Crippen LogP contribution < -0.4 is 19.1 Å². The molecule has 3 rings (SSSR count). The number of benzene rings is 2. The summed E-state index contributed by atoms with van der Waals surface area (Å²) in [5.41, 5.74) is -5.07. The van der Waals surface area contributed by atoms with Crippen molar-refractivity contribution in [1.82, 2.24) is 0 Å². The first-order valence-corrected chi connectivity index (χ1v) is 11.0. The summed E-state index contributed by atoms with van der Waals surface area (Å²) in [6.07, 6.45) is 0. The molecule has 1 N–H and O–H groups in total. The monoisotopic (exact) mass is 494 g/mol. The van der Waals surface area contributed by atoms with Gasteiger partial charge in [0, 0.05) is 19.2 Å². The number of nitrogens with zero attached hydrogens (tertiary/aromatic N) is 1. The largest absolute Gasteiger partial charge is 0.534 e. The first kappa shape index (κ1) is 24.0. The van der Waals surface area contributed by atoms with Crippen molar-refractivity contribution in [2.75, 3.05) is 43.1 Å². The molecule has 1 saturated heterocycles. The van der Waals surface area contributed by atoms with E-state index in [1.807, 2.05) is 0 Å².